The minimum absolute atomic E-state index is 0.0909. The summed E-state index contributed by atoms with van der Waals surface area (Å²) >= 11 is 5.94. The van der Waals surface area contributed by atoms with Gasteiger partial charge in [0.2, 0.25) is 5.91 Å². The van der Waals surface area contributed by atoms with E-state index in [0.29, 0.717) is 10.8 Å². The zero-order chi connectivity index (χ0) is 19.4. The number of hydrogen-bond donors (Lipinski definition) is 2. The number of hydrogen-bond acceptors (Lipinski definition) is 4. The molecule has 27 heavy (non-hydrogen) atoms. The number of nitrogens with one attached hydrogen (secondary N) is 2. The van der Waals surface area contributed by atoms with Crippen LogP contribution >= 0.6 is 11.6 Å². The summed E-state index contributed by atoms with van der Waals surface area (Å²) in [5.74, 6) is -0.295. The Hall–Kier alpha value is -2.99. The molecule has 0 aliphatic heterocycles. The van der Waals surface area contributed by atoms with Crippen molar-refractivity contribution in [2.45, 2.75) is 20.3 Å². The molecule has 6 nitrogen and oxygen atoms in total. The molecule has 3 rings (SSSR count). The Morgan fingerprint density at radius 2 is 1.85 bits per heavy atom. The Kier molecular flexibility index (Phi) is 5.66. The fraction of sp³-hybridized carbons (Fsp3) is 0.200. The first-order valence-corrected chi connectivity index (χ1v) is 8.73. The highest BCUT2D eigenvalue weighted by Gasteiger charge is 2.12. The van der Waals surface area contributed by atoms with E-state index >= 15 is 0 Å². The molecule has 0 saturated carbocycles. The second kappa shape index (κ2) is 8.14. The normalized spacial score (nSPS) is 10.6. The summed E-state index contributed by atoms with van der Waals surface area (Å²) in [4.78, 5) is 23.9. The molecule has 0 aliphatic rings. The van der Waals surface area contributed by atoms with Crippen molar-refractivity contribution in [1.29, 1.82) is 0 Å². The smallest absolute Gasteiger partial charge is 0.276 e. The lowest BCUT2D eigenvalue weighted by Gasteiger charge is -2.09. The largest absolute Gasteiger partial charge is 0.484 e. The molecule has 1 heterocycles. The minimum Gasteiger partial charge on any atom is -0.484 e. The maximum absolute atomic E-state index is 12.1. The molecule has 0 aliphatic carbocycles. The summed E-state index contributed by atoms with van der Waals surface area (Å²) in [7, 11) is 0. The first kappa shape index (κ1) is 18.8. The van der Waals surface area contributed by atoms with E-state index < -0.39 is 5.91 Å². The van der Waals surface area contributed by atoms with Crippen LogP contribution in [0.5, 0.6) is 5.75 Å². The lowest BCUT2D eigenvalue weighted by Crippen LogP contribution is -2.44. The Labute approximate surface area is 161 Å². The molecule has 0 bridgehead atoms. The van der Waals surface area contributed by atoms with Crippen LogP contribution in [0.4, 0.5) is 0 Å². The molecule has 0 saturated heterocycles. The van der Waals surface area contributed by atoms with E-state index in [1.54, 1.807) is 24.5 Å². The molecule has 3 aromatic rings. The molecule has 0 spiro atoms. The molecular formula is C20H19ClN2O4. The SMILES string of the molecule is Cc1ccc2c(CC(=O)NNC(=O)COc3ccc(Cl)c(C)c3)coc2c1. The zero-order valence-electron chi connectivity index (χ0n) is 15.0. The lowest BCUT2D eigenvalue weighted by molar-refractivity contribution is -0.129. The highest BCUT2D eigenvalue weighted by molar-refractivity contribution is 6.31. The Bertz CT molecular complexity index is 997. The first-order valence-electron chi connectivity index (χ1n) is 8.36. The molecule has 1 aromatic heterocycles. The van der Waals surface area contributed by atoms with Crippen molar-refractivity contribution < 1.29 is 18.7 Å². The number of halogens is 1. The number of aryl methyl sites for hydroxylation is 2. The van der Waals surface area contributed by atoms with E-state index in [1.807, 2.05) is 32.0 Å². The van der Waals surface area contributed by atoms with Crippen molar-refractivity contribution in [2.75, 3.05) is 6.61 Å². The van der Waals surface area contributed by atoms with Crippen LogP contribution in [0.25, 0.3) is 11.0 Å². The molecule has 7 heteroatoms. The van der Waals surface area contributed by atoms with Crippen LogP contribution in [0.2, 0.25) is 5.02 Å². The molecule has 140 valence electrons. The molecule has 2 aromatic carbocycles. The number of carbonyl (C=O) groups is 2. The van der Waals surface area contributed by atoms with Gasteiger partial charge in [0.15, 0.2) is 6.61 Å². The monoisotopic (exact) mass is 386 g/mol. The number of ether oxygens (including phenoxy) is 1. The van der Waals surface area contributed by atoms with Crippen molar-refractivity contribution in [3.05, 3.63) is 64.4 Å². The van der Waals surface area contributed by atoms with Gasteiger partial charge in [-0.15, -0.1) is 0 Å². The zero-order valence-corrected chi connectivity index (χ0v) is 15.7. The van der Waals surface area contributed by atoms with Crippen LogP contribution < -0.4 is 15.6 Å². The molecule has 0 radical (unpaired) electrons. The number of amides is 2. The highest BCUT2D eigenvalue weighted by Crippen LogP contribution is 2.23. The van der Waals surface area contributed by atoms with E-state index in [0.717, 1.165) is 27.7 Å². The number of furan rings is 1. The quantitative estimate of drug-likeness (QED) is 0.658. The molecule has 0 unspecified atom stereocenters. The highest BCUT2D eigenvalue weighted by atomic mass is 35.5. The lowest BCUT2D eigenvalue weighted by atomic mass is 10.1. The van der Waals surface area contributed by atoms with Crippen LogP contribution in [0.15, 0.2) is 47.1 Å². The van der Waals surface area contributed by atoms with Gasteiger partial charge in [-0.3, -0.25) is 20.4 Å². The Balaban J connectivity index is 1.48. The molecular weight excluding hydrogens is 368 g/mol. The van der Waals surface area contributed by atoms with Gasteiger partial charge in [0.25, 0.3) is 5.91 Å². The second-order valence-electron chi connectivity index (χ2n) is 6.23. The summed E-state index contributed by atoms with van der Waals surface area (Å²) in [5, 5.41) is 1.50. The minimum atomic E-state index is -0.469. The van der Waals surface area contributed by atoms with Gasteiger partial charge in [-0.05, 0) is 49.2 Å². The predicted molar refractivity (Wildman–Crippen MR) is 103 cm³/mol. The topological polar surface area (TPSA) is 80.6 Å². The average molecular weight is 387 g/mol. The molecule has 2 N–H and O–H groups in total. The first-order chi connectivity index (χ1) is 12.9. The maximum atomic E-state index is 12.1. The van der Waals surface area contributed by atoms with Gasteiger partial charge in [0.1, 0.15) is 11.3 Å². The molecule has 0 atom stereocenters. The van der Waals surface area contributed by atoms with Gasteiger partial charge < -0.3 is 9.15 Å². The van der Waals surface area contributed by atoms with Gasteiger partial charge in [-0.1, -0.05) is 23.7 Å². The van der Waals surface area contributed by atoms with E-state index in [-0.39, 0.29) is 18.9 Å². The summed E-state index contributed by atoms with van der Waals surface area (Å²) in [6.45, 7) is 3.59. The Morgan fingerprint density at radius 3 is 2.63 bits per heavy atom. The van der Waals surface area contributed by atoms with Crippen molar-refractivity contribution in [2.24, 2.45) is 0 Å². The van der Waals surface area contributed by atoms with E-state index in [9.17, 15) is 9.59 Å². The van der Waals surface area contributed by atoms with E-state index in [4.69, 9.17) is 20.8 Å². The van der Waals surface area contributed by atoms with Crippen molar-refractivity contribution >= 4 is 34.4 Å². The van der Waals surface area contributed by atoms with Gasteiger partial charge >= 0.3 is 0 Å². The van der Waals surface area contributed by atoms with E-state index in [1.165, 1.54) is 0 Å². The number of hydrazine groups is 1. The number of rotatable bonds is 5. The van der Waals surface area contributed by atoms with Crippen LogP contribution in [-0.2, 0) is 16.0 Å². The summed E-state index contributed by atoms with van der Waals surface area (Å²) in [6, 6.07) is 10.9. The second-order valence-corrected chi connectivity index (χ2v) is 6.64. The van der Waals surface area contributed by atoms with Gasteiger partial charge in [0.05, 0.1) is 12.7 Å². The van der Waals surface area contributed by atoms with Crippen molar-refractivity contribution in [3.8, 4) is 5.75 Å². The van der Waals surface area contributed by atoms with Crippen molar-refractivity contribution in [1.82, 2.24) is 10.9 Å². The van der Waals surface area contributed by atoms with Gasteiger partial charge in [-0.2, -0.15) is 0 Å². The van der Waals surface area contributed by atoms with Gasteiger partial charge in [-0.25, -0.2) is 0 Å². The van der Waals surface area contributed by atoms with Gasteiger partial charge in [0, 0.05) is 16.0 Å². The third-order valence-corrected chi connectivity index (χ3v) is 4.43. The van der Waals surface area contributed by atoms with Crippen LogP contribution in [0, 0.1) is 13.8 Å². The standard InChI is InChI=1S/C20H19ClN2O4/c1-12-3-5-16-14(10-27-18(16)7-12)9-19(24)22-23-20(25)11-26-15-4-6-17(21)13(2)8-15/h3-8,10H,9,11H2,1-2H3,(H,22,24)(H,23,25). The average Bonchev–Trinajstić information content (AvgIpc) is 3.02. The molecule has 2 amide bonds. The Morgan fingerprint density at radius 1 is 1.07 bits per heavy atom. The summed E-state index contributed by atoms with van der Waals surface area (Å²) < 4.78 is 10.8. The van der Waals surface area contributed by atoms with Crippen LogP contribution in [0.1, 0.15) is 16.7 Å². The number of carbonyl (C=O) groups excluding carboxylic acids is 2. The fourth-order valence-corrected chi connectivity index (χ4v) is 2.69. The summed E-state index contributed by atoms with van der Waals surface area (Å²) in [5.41, 5.74) is 8.12. The number of benzene rings is 2. The van der Waals surface area contributed by atoms with Crippen LogP contribution in [-0.4, -0.2) is 18.4 Å². The maximum Gasteiger partial charge on any atom is 0.276 e. The third-order valence-electron chi connectivity index (χ3n) is 4.00. The van der Waals surface area contributed by atoms with Crippen molar-refractivity contribution in [3.63, 3.8) is 0 Å². The van der Waals surface area contributed by atoms with E-state index in [2.05, 4.69) is 10.9 Å². The fourth-order valence-electron chi connectivity index (χ4n) is 2.58. The predicted octanol–water partition coefficient (Wildman–Crippen LogP) is 3.47. The number of fused-ring (bicyclic) bond motifs is 1. The molecule has 0 fully saturated rings. The van der Waals surface area contributed by atoms with Crippen LogP contribution in [0.3, 0.4) is 0 Å². The summed E-state index contributed by atoms with van der Waals surface area (Å²) in [6.07, 6.45) is 1.64. The third kappa shape index (κ3) is 4.80.